The van der Waals surface area contributed by atoms with E-state index in [-0.39, 0.29) is 24.2 Å². The standard InChI is InChI=1S/C32H36N2O8/c1-34(2)26-20-14-16-13-19-18(22-11-8-17(42-22)12-15-6-4-3-5-7-15)9-10-21(35)24(19)27(36)23(16)29(38)32(20,41)30(39)25(28(26)37)31(33)40/h8-11,15-16,20,23,25-26,35,41H,3-7,12-14H2,1-2H3,(H2,33,40)/t16-,20-,23?,25?,26-,32-/m0/s1. The van der Waals surface area contributed by atoms with Crippen LogP contribution >= 0.6 is 0 Å². The van der Waals surface area contributed by atoms with Crippen LogP contribution in [0.1, 0.15) is 60.2 Å². The molecular weight excluding hydrogens is 540 g/mol. The van der Waals surface area contributed by atoms with Crippen LogP contribution in [0.25, 0.3) is 11.3 Å². The first-order valence-corrected chi connectivity index (χ1v) is 14.7. The van der Waals surface area contributed by atoms with Gasteiger partial charge in [-0.15, -0.1) is 0 Å². The summed E-state index contributed by atoms with van der Waals surface area (Å²) in [7, 11) is 3.12. The molecule has 2 unspecified atom stereocenters. The third kappa shape index (κ3) is 4.18. The molecule has 3 saturated carbocycles. The molecule has 0 aliphatic heterocycles. The van der Waals surface area contributed by atoms with Gasteiger partial charge in [0.25, 0.3) is 0 Å². The van der Waals surface area contributed by atoms with Gasteiger partial charge in [0.1, 0.15) is 17.3 Å². The van der Waals surface area contributed by atoms with Crippen molar-refractivity contribution in [3.8, 4) is 17.1 Å². The number of benzene rings is 1. The molecule has 0 spiro atoms. The number of phenols is 1. The monoisotopic (exact) mass is 576 g/mol. The van der Waals surface area contributed by atoms with Gasteiger partial charge in [-0.2, -0.15) is 0 Å². The zero-order valence-electron chi connectivity index (χ0n) is 23.8. The highest BCUT2D eigenvalue weighted by Gasteiger charge is 2.69. The van der Waals surface area contributed by atoms with Crippen molar-refractivity contribution in [3.63, 3.8) is 0 Å². The summed E-state index contributed by atoms with van der Waals surface area (Å²) in [6.45, 7) is 0. The molecule has 3 fully saturated rings. The minimum Gasteiger partial charge on any atom is -0.507 e. The number of fused-ring (bicyclic) bond motifs is 3. The van der Waals surface area contributed by atoms with Crippen molar-refractivity contribution in [3.05, 3.63) is 41.2 Å². The summed E-state index contributed by atoms with van der Waals surface area (Å²) >= 11 is 0. The number of amides is 1. The van der Waals surface area contributed by atoms with Crippen LogP contribution in [-0.2, 0) is 32.0 Å². The largest absolute Gasteiger partial charge is 0.507 e. The Kier molecular flexibility index (Phi) is 6.97. The lowest BCUT2D eigenvalue weighted by molar-refractivity contribution is -0.181. The van der Waals surface area contributed by atoms with Crippen LogP contribution in [0.4, 0.5) is 0 Å². The summed E-state index contributed by atoms with van der Waals surface area (Å²) < 4.78 is 6.24. The molecule has 10 nitrogen and oxygen atoms in total. The highest BCUT2D eigenvalue weighted by atomic mass is 16.3. The lowest BCUT2D eigenvalue weighted by Crippen LogP contribution is -2.74. The summed E-state index contributed by atoms with van der Waals surface area (Å²) in [5.41, 5.74) is 3.76. The van der Waals surface area contributed by atoms with Crippen molar-refractivity contribution in [1.29, 1.82) is 0 Å². The van der Waals surface area contributed by atoms with Crippen LogP contribution in [-0.4, -0.2) is 69.9 Å². The fourth-order valence-corrected chi connectivity index (χ4v) is 8.14. The minimum absolute atomic E-state index is 0.00404. The van der Waals surface area contributed by atoms with E-state index in [1.54, 1.807) is 20.2 Å². The Hall–Kier alpha value is -3.63. The SMILES string of the molecule is CN(C)[C@@H]1C(=O)C(C(N)=O)C(=O)[C@@]2(O)C(=O)C3C(=O)c4c(O)ccc(-c5ccc(CC6CCCCC6)o5)c4C[C@H]3C[C@@H]12. The van der Waals surface area contributed by atoms with Crippen LogP contribution < -0.4 is 5.73 Å². The number of nitrogens with two attached hydrogens (primary N) is 1. The summed E-state index contributed by atoms with van der Waals surface area (Å²) in [6, 6.07) is 5.74. The number of likely N-dealkylation sites (N-methyl/N-ethyl adjacent to an activating group) is 1. The van der Waals surface area contributed by atoms with Crippen molar-refractivity contribution in [2.75, 3.05) is 14.1 Å². The van der Waals surface area contributed by atoms with E-state index in [2.05, 4.69) is 0 Å². The van der Waals surface area contributed by atoms with Crippen LogP contribution in [0.2, 0.25) is 0 Å². The third-order valence-electron chi connectivity index (χ3n) is 10.1. The Morgan fingerprint density at radius 1 is 1.05 bits per heavy atom. The first-order chi connectivity index (χ1) is 19.9. The molecule has 1 aromatic carbocycles. The van der Waals surface area contributed by atoms with Crippen molar-refractivity contribution in [2.24, 2.45) is 35.3 Å². The fourth-order valence-electron chi connectivity index (χ4n) is 8.14. The van der Waals surface area contributed by atoms with Crippen LogP contribution in [0, 0.1) is 29.6 Å². The molecule has 0 bridgehead atoms. The number of hydrogen-bond acceptors (Lipinski definition) is 9. The predicted octanol–water partition coefficient (Wildman–Crippen LogP) is 2.25. The smallest absolute Gasteiger partial charge is 0.235 e. The van der Waals surface area contributed by atoms with E-state index in [0.29, 0.717) is 22.8 Å². The first kappa shape index (κ1) is 28.5. The molecule has 42 heavy (non-hydrogen) atoms. The number of phenolic OH excluding ortho intramolecular Hbond substituents is 1. The molecule has 4 N–H and O–H groups in total. The number of rotatable bonds is 5. The molecule has 222 valence electrons. The molecule has 4 aliphatic carbocycles. The Labute approximate surface area is 243 Å². The minimum atomic E-state index is -2.74. The zero-order chi connectivity index (χ0) is 30.1. The molecule has 4 aliphatic rings. The van der Waals surface area contributed by atoms with Crippen molar-refractivity contribution < 1.29 is 38.6 Å². The molecule has 6 atom stereocenters. The first-order valence-electron chi connectivity index (χ1n) is 14.7. The summed E-state index contributed by atoms with van der Waals surface area (Å²) in [5.74, 6) is -8.59. The number of Topliss-reactive ketones (excluding diaryl/α,β-unsaturated/α-hetero) is 4. The third-order valence-corrected chi connectivity index (χ3v) is 10.1. The number of carbonyl (C=O) groups is 5. The number of aromatic hydroxyl groups is 1. The number of nitrogens with zero attached hydrogens (tertiary/aromatic N) is 1. The number of hydrogen-bond donors (Lipinski definition) is 3. The van der Waals surface area contributed by atoms with E-state index in [1.807, 2.05) is 12.1 Å². The second kappa shape index (κ2) is 10.3. The predicted molar refractivity (Wildman–Crippen MR) is 149 cm³/mol. The van der Waals surface area contributed by atoms with Gasteiger partial charge in [-0.05, 0) is 68.6 Å². The van der Waals surface area contributed by atoms with Crippen LogP contribution in [0.5, 0.6) is 5.75 Å². The van der Waals surface area contributed by atoms with Gasteiger partial charge in [0.15, 0.2) is 34.7 Å². The molecule has 1 aromatic heterocycles. The highest BCUT2D eigenvalue weighted by molar-refractivity contribution is 6.32. The van der Waals surface area contributed by atoms with Gasteiger partial charge in [-0.1, -0.05) is 32.1 Å². The van der Waals surface area contributed by atoms with Gasteiger partial charge in [-0.3, -0.25) is 28.9 Å². The average Bonchev–Trinajstić information content (AvgIpc) is 3.39. The molecule has 2 aromatic rings. The highest BCUT2D eigenvalue weighted by Crippen LogP contribution is 2.51. The number of aliphatic hydroxyl groups is 1. The van der Waals surface area contributed by atoms with Crippen molar-refractivity contribution >= 4 is 29.0 Å². The van der Waals surface area contributed by atoms with Gasteiger partial charge >= 0.3 is 0 Å². The Bertz CT molecular complexity index is 1500. The van der Waals surface area contributed by atoms with Crippen molar-refractivity contribution in [2.45, 2.75) is 63.0 Å². The van der Waals surface area contributed by atoms with Gasteiger partial charge in [-0.25, -0.2) is 0 Å². The van der Waals surface area contributed by atoms with E-state index in [1.165, 1.54) is 43.1 Å². The number of carbonyl (C=O) groups excluding carboxylic acids is 5. The van der Waals surface area contributed by atoms with E-state index < -0.39 is 64.4 Å². The van der Waals surface area contributed by atoms with Gasteiger partial charge in [0.05, 0.1) is 17.5 Å². The quantitative estimate of drug-likeness (QED) is 0.452. The van der Waals surface area contributed by atoms with E-state index >= 15 is 0 Å². The summed E-state index contributed by atoms with van der Waals surface area (Å²) in [4.78, 5) is 68.2. The normalized spacial score (nSPS) is 31.6. The Morgan fingerprint density at radius 2 is 1.76 bits per heavy atom. The molecule has 10 heteroatoms. The van der Waals surface area contributed by atoms with E-state index in [4.69, 9.17) is 10.2 Å². The van der Waals surface area contributed by atoms with E-state index in [0.717, 1.165) is 12.2 Å². The molecule has 1 amide bonds. The Morgan fingerprint density at radius 3 is 2.43 bits per heavy atom. The molecular formula is C32H36N2O8. The topological polar surface area (TPSA) is 168 Å². The van der Waals surface area contributed by atoms with E-state index in [9.17, 15) is 34.2 Å². The maximum Gasteiger partial charge on any atom is 0.235 e. The van der Waals surface area contributed by atoms with Gasteiger partial charge in [0, 0.05) is 17.9 Å². The summed E-state index contributed by atoms with van der Waals surface area (Å²) in [5, 5.41) is 22.5. The zero-order valence-corrected chi connectivity index (χ0v) is 23.8. The fraction of sp³-hybridized carbons (Fsp3) is 0.531. The second-order valence-electron chi connectivity index (χ2n) is 12.7. The average molecular weight is 577 g/mol. The maximum atomic E-state index is 14.0. The molecule has 0 saturated heterocycles. The van der Waals surface area contributed by atoms with Gasteiger partial charge < -0.3 is 20.4 Å². The number of ketones is 4. The maximum absolute atomic E-state index is 14.0. The Balaban J connectivity index is 1.39. The molecule has 6 rings (SSSR count). The van der Waals surface area contributed by atoms with Crippen molar-refractivity contribution in [1.82, 2.24) is 4.90 Å². The number of primary amides is 1. The second-order valence-corrected chi connectivity index (χ2v) is 12.7. The van der Waals surface area contributed by atoms with Crippen LogP contribution in [0.15, 0.2) is 28.7 Å². The lowest BCUT2D eigenvalue weighted by atomic mass is 9.52. The number of furan rings is 1. The van der Waals surface area contributed by atoms with Gasteiger partial charge in [0.2, 0.25) is 5.91 Å². The summed E-state index contributed by atoms with van der Waals surface area (Å²) in [6.07, 6.45) is 7.07. The molecule has 0 radical (unpaired) electrons. The van der Waals surface area contributed by atoms with Crippen LogP contribution in [0.3, 0.4) is 0 Å². The molecule has 1 heterocycles. The lowest BCUT2D eigenvalue weighted by Gasteiger charge is -2.52.